The van der Waals surface area contributed by atoms with Crippen molar-refractivity contribution < 1.29 is 9.53 Å². The van der Waals surface area contributed by atoms with Crippen molar-refractivity contribution in [1.29, 1.82) is 5.26 Å². The van der Waals surface area contributed by atoms with Gasteiger partial charge in [0.25, 0.3) is 0 Å². The maximum absolute atomic E-state index is 12.4. The number of ketones is 1. The zero-order chi connectivity index (χ0) is 14.5. The standard InChI is InChI=1S/C16H12ClNO2/c1-20-12-6-4-5-11(9-12)14(10-18)16(19)13-7-2-3-8-15(13)17/h2-9,14H,1H3. The number of hydrogen-bond donors (Lipinski definition) is 0. The van der Waals surface area contributed by atoms with Gasteiger partial charge in [0.15, 0.2) is 5.78 Å². The summed E-state index contributed by atoms with van der Waals surface area (Å²) in [4.78, 5) is 12.4. The Bertz CT molecular complexity index is 676. The van der Waals surface area contributed by atoms with E-state index in [9.17, 15) is 10.1 Å². The molecule has 0 aliphatic rings. The third-order valence-corrected chi connectivity index (χ3v) is 3.29. The fourth-order valence-electron chi connectivity index (χ4n) is 1.92. The minimum Gasteiger partial charge on any atom is -0.497 e. The predicted molar refractivity (Wildman–Crippen MR) is 77.1 cm³/mol. The number of nitriles is 1. The molecule has 1 unspecified atom stereocenters. The summed E-state index contributed by atoms with van der Waals surface area (Å²) in [5.74, 6) is -0.605. The highest BCUT2D eigenvalue weighted by atomic mass is 35.5. The van der Waals surface area contributed by atoms with Crippen molar-refractivity contribution in [3.63, 3.8) is 0 Å². The molecule has 3 nitrogen and oxygen atoms in total. The maximum Gasteiger partial charge on any atom is 0.185 e. The third kappa shape index (κ3) is 2.81. The van der Waals surface area contributed by atoms with Crippen molar-refractivity contribution in [1.82, 2.24) is 0 Å². The molecule has 100 valence electrons. The highest BCUT2D eigenvalue weighted by molar-refractivity contribution is 6.34. The molecule has 2 aromatic carbocycles. The predicted octanol–water partition coefficient (Wildman–Crippen LogP) is 3.84. The van der Waals surface area contributed by atoms with Crippen LogP contribution in [0.25, 0.3) is 0 Å². The molecule has 0 radical (unpaired) electrons. The van der Waals surface area contributed by atoms with E-state index in [0.29, 0.717) is 21.9 Å². The fourth-order valence-corrected chi connectivity index (χ4v) is 2.15. The number of nitrogens with zero attached hydrogens (tertiary/aromatic N) is 1. The number of Topliss-reactive ketones (excluding diaryl/α,β-unsaturated/α-hetero) is 1. The number of benzene rings is 2. The molecule has 2 rings (SSSR count). The van der Waals surface area contributed by atoms with E-state index in [0.717, 1.165) is 0 Å². The van der Waals surface area contributed by atoms with Crippen LogP contribution in [0.15, 0.2) is 48.5 Å². The molecular formula is C16H12ClNO2. The van der Waals surface area contributed by atoms with Crippen LogP contribution in [0.4, 0.5) is 0 Å². The SMILES string of the molecule is COc1cccc(C(C#N)C(=O)c2ccccc2Cl)c1. The number of halogens is 1. The minimum absolute atomic E-state index is 0.314. The number of methoxy groups -OCH3 is 1. The van der Waals surface area contributed by atoms with Gasteiger partial charge >= 0.3 is 0 Å². The van der Waals surface area contributed by atoms with Crippen LogP contribution < -0.4 is 4.74 Å². The van der Waals surface area contributed by atoms with Crippen molar-refractivity contribution in [2.45, 2.75) is 5.92 Å². The zero-order valence-corrected chi connectivity index (χ0v) is 11.6. The summed E-state index contributed by atoms with van der Waals surface area (Å²) >= 11 is 6.01. The van der Waals surface area contributed by atoms with Crippen LogP contribution >= 0.6 is 11.6 Å². The van der Waals surface area contributed by atoms with Gasteiger partial charge in [-0.2, -0.15) is 5.26 Å². The smallest absolute Gasteiger partial charge is 0.185 e. The molecular weight excluding hydrogens is 274 g/mol. The molecule has 0 saturated heterocycles. The van der Waals surface area contributed by atoms with E-state index in [4.69, 9.17) is 16.3 Å². The molecule has 1 atom stereocenters. The average molecular weight is 286 g/mol. The summed E-state index contributed by atoms with van der Waals surface area (Å²) in [5.41, 5.74) is 0.945. The average Bonchev–Trinajstić information content (AvgIpc) is 2.48. The van der Waals surface area contributed by atoms with Gasteiger partial charge in [0.2, 0.25) is 0 Å². The number of rotatable bonds is 4. The lowest BCUT2D eigenvalue weighted by Crippen LogP contribution is -2.11. The minimum atomic E-state index is -0.898. The molecule has 0 aliphatic carbocycles. The molecule has 0 aliphatic heterocycles. The summed E-state index contributed by atoms with van der Waals surface area (Å²) < 4.78 is 5.11. The van der Waals surface area contributed by atoms with Crippen molar-refractivity contribution in [2.24, 2.45) is 0 Å². The van der Waals surface area contributed by atoms with Gasteiger partial charge in [0.1, 0.15) is 11.7 Å². The topological polar surface area (TPSA) is 50.1 Å². The Morgan fingerprint density at radius 1 is 1.25 bits per heavy atom. The number of ether oxygens (including phenoxy) is 1. The lowest BCUT2D eigenvalue weighted by atomic mass is 9.92. The first kappa shape index (κ1) is 14.1. The van der Waals surface area contributed by atoms with E-state index in [1.54, 1.807) is 48.5 Å². The monoisotopic (exact) mass is 285 g/mol. The molecule has 0 fully saturated rings. The summed E-state index contributed by atoms with van der Waals surface area (Å²) in [6.07, 6.45) is 0. The number of carbonyl (C=O) groups is 1. The Kier molecular flexibility index (Phi) is 4.39. The summed E-state index contributed by atoms with van der Waals surface area (Å²) in [7, 11) is 1.54. The molecule has 4 heteroatoms. The van der Waals surface area contributed by atoms with E-state index >= 15 is 0 Å². The van der Waals surface area contributed by atoms with E-state index in [-0.39, 0.29) is 5.78 Å². The molecule has 0 N–H and O–H groups in total. The molecule has 0 amide bonds. The van der Waals surface area contributed by atoms with Crippen LogP contribution in [0.3, 0.4) is 0 Å². The molecule has 2 aromatic rings. The van der Waals surface area contributed by atoms with Gasteiger partial charge in [-0.3, -0.25) is 4.79 Å². The van der Waals surface area contributed by atoms with Gasteiger partial charge in [-0.05, 0) is 29.8 Å². The molecule has 0 heterocycles. The Hall–Kier alpha value is -2.31. The van der Waals surface area contributed by atoms with Gasteiger partial charge < -0.3 is 4.74 Å². The van der Waals surface area contributed by atoms with Crippen molar-refractivity contribution >= 4 is 17.4 Å². The Morgan fingerprint density at radius 3 is 2.65 bits per heavy atom. The largest absolute Gasteiger partial charge is 0.497 e. The summed E-state index contributed by atoms with van der Waals surface area (Å²) in [5, 5.41) is 9.66. The fraction of sp³-hybridized carbons (Fsp3) is 0.125. The lowest BCUT2D eigenvalue weighted by Gasteiger charge is -2.11. The van der Waals surface area contributed by atoms with Crippen molar-refractivity contribution in [3.8, 4) is 11.8 Å². The van der Waals surface area contributed by atoms with Crippen LogP contribution in [0.1, 0.15) is 21.8 Å². The van der Waals surface area contributed by atoms with Crippen LogP contribution in [-0.4, -0.2) is 12.9 Å². The second-order valence-corrected chi connectivity index (χ2v) is 4.59. The van der Waals surface area contributed by atoms with Crippen LogP contribution in [0.2, 0.25) is 5.02 Å². The normalized spacial score (nSPS) is 11.4. The Morgan fingerprint density at radius 2 is 2.00 bits per heavy atom. The first-order valence-corrected chi connectivity index (χ1v) is 6.37. The lowest BCUT2D eigenvalue weighted by molar-refractivity contribution is 0.0979. The van der Waals surface area contributed by atoms with Crippen LogP contribution in [0, 0.1) is 11.3 Å². The second-order valence-electron chi connectivity index (χ2n) is 4.18. The third-order valence-electron chi connectivity index (χ3n) is 2.96. The van der Waals surface area contributed by atoms with Gasteiger partial charge in [-0.25, -0.2) is 0 Å². The Balaban J connectivity index is 2.40. The molecule has 0 bridgehead atoms. The van der Waals surface area contributed by atoms with E-state index in [2.05, 4.69) is 0 Å². The molecule has 0 saturated carbocycles. The highest BCUT2D eigenvalue weighted by Crippen LogP contribution is 2.26. The number of hydrogen-bond acceptors (Lipinski definition) is 3. The van der Waals surface area contributed by atoms with Gasteiger partial charge in [-0.1, -0.05) is 35.9 Å². The second kappa shape index (κ2) is 6.23. The van der Waals surface area contributed by atoms with Crippen LogP contribution in [-0.2, 0) is 0 Å². The first-order valence-electron chi connectivity index (χ1n) is 5.99. The van der Waals surface area contributed by atoms with Crippen molar-refractivity contribution in [3.05, 3.63) is 64.7 Å². The van der Waals surface area contributed by atoms with E-state index < -0.39 is 5.92 Å². The Labute approximate surface area is 122 Å². The molecule has 20 heavy (non-hydrogen) atoms. The summed E-state index contributed by atoms with van der Waals surface area (Å²) in [6, 6.07) is 15.7. The highest BCUT2D eigenvalue weighted by Gasteiger charge is 2.23. The quantitative estimate of drug-likeness (QED) is 0.802. The van der Waals surface area contributed by atoms with Gasteiger partial charge in [0, 0.05) is 5.56 Å². The van der Waals surface area contributed by atoms with E-state index in [1.165, 1.54) is 7.11 Å². The number of carbonyl (C=O) groups excluding carboxylic acids is 1. The van der Waals surface area contributed by atoms with Gasteiger partial charge in [0.05, 0.1) is 18.2 Å². The zero-order valence-electron chi connectivity index (χ0n) is 10.8. The summed E-state index contributed by atoms with van der Waals surface area (Å²) in [6.45, 7) is 0. The van der Waals surface area contributed by atoms with Crippen molar-refractivity contribution in [2.75, 3.05) is 7.11 Å². The first-order chi connectivity index (χ1) is 9.67. The van der Waals surface area contributed by atoms with Crippen LogP contribution in [0.5, 0.6) is 5.75 Å². The molecule has 0 spiro atoms. The maximum atomic E-state index is 12.4. The van der Waals surface area contributed by atoms with Gasteiger partial charge in [-0.15, -0.1) is 0 Å². The molecule has 0 aromatic heterocycles. The van der Waals surface area contributed by atoms with E-state index in [1.807, 2.05) is 6.07 Å².